The summed E-state index contributed by atoms with van der Waals surface area (Å²) in [5, 5.41) is 6.31. The van der Waals surface area contributed by atoms with Gasteiger partial charge in [0.2, 0.25) is 5.78 Å². The molecular formula is C10H13F3N2O. The molecule has 0 saturated heterocycles. The van der Waals surface area contributed by atoms with E-state index in [9.17, 15) is 18.0 Å². The average Bonchev–Trinajstić information content (AvgIpc) is 2.49. The second-order valence-corrected chi connectivity index (χ2v) is 4.62. The number of aromatic nitrogens is 2. The summed E-state index contributed by atoms with van der Waals surface area (Å²) in [6.45, 7) is 5.51. The molecule has 0 aliphatic rings. The maximum absolute atomic E-state index is 12.1. The Morgan fingerprint density at radius 3 is 2.38 bits per heavy atom. The van der Waals surface area contributed by atoms with Gasteiger partial charge in [-0.05, 0) is 0 Å². The maximum Gasteiger partial charge on any atom is 0.450 e. The van der Waals surface area contributed by atoms with Crippen molar-refractivity contribution in [1.82, 2.24) is 10.2 Å². The Hall–Kier alpha value is -1.33. The van der Waals surface area contributed by atoms with Crippen molar-refractivity contribution in [2.75, 3.05) is 0 Å². The second kappa shape index (κ2) is 3.92. The number of halogens is 3. The highest BCUT2D eigenvalue weighted by atomic mass is 19.4. The molecule has 1 rings (SSSR count). The molecular weight excluding hydrogens is 221 g/mol. The summed E-state index contributed by atoms with van der Waals surface area (Å²) in [6, 6.07) is 0. The predicted octanol–water partition coefficient (Wildman–Crippen LogP) is 2.38. The normalized spacial score (nSPS) is 12.9. The molecule has 0 atom stereocenters. The van der Waals surface area contributed by atoms with Gasteiger partial charge in [0.15, 0.2) is 0 Å². The van der Waals surface area contributed by atoms with Crippen molar-refractivity contribution in [3.63, 3.8) is 0 Å². The fourth-order valence-electron chi connectivity index (χ4n) is 1.37. The lowest BCUT2D eigenvalue weighted by atomic mass is 9.88. The fourth-order valence-corrected chi connectivity index (χ4v) is 1.37. The van der Waals surface area contributed by atoms with Crippen LogP contribution < -0.4 is 0 Å². The zero-order valence-electron chi connectivity index (χ0n) is 9.27. The van der Waals surface area contributed by atoms with Crippen molar-refractivity contribution in [2.24, 2.45) is 0 Å². The molecule has 0 spiro atoms. The Morgan fingerprint density at radius 1 is 1.38 bits per heavy atom. The molecule has 0 aromatic carbocycles. The molecule has 0 unspecified atom stereocenters. The summed E-state index contributed by atoms with van der Waals surface area (Å²) in [5.41, 5.74) is 0.498. The average molecular weight is 234 g/mol. The monoisotopic (exact) mass is 234 g/mol. The number of carbonyl (C=O) groups is 1. The number of carbonyl (C=O) groups excluding carboxylic acids is 1. The van der Waals surface area contributed by atoms with Gasteiger partial charge in [-0.25, -0.2) is 0 Å². The summed E-state index contributed by atoms with van der Waals surface area (Å²) < 4.78 is 36.3. The summed E-state index contributed by atoms with van der Waals surface area (Å²) in [4.78, 5) is 10.8. The van der Waals surface area contributed by atoms with Crippen LogP contribution in [0.15, 0.2) is 6.20 Å². The van der Waals surface area contributed by atoms with Crippen molar-refractivity contribution < 1.29 is 18.0 Å². The lowest BCUT2D eigenvalue weighted by molar-refractivity contribution is -0.170. The van der Waals surface area contributed by atoms with Crippen molar-refractivity contribution >= 4 is 5.78 Å². The molecule has 1 aromatic rings. The number of aromatic amines is 1. The van der Waals surface area contributed by atoms with E-state index in [-0.39, 0.29) is 5.41 Å². The molecule has 1 aromatic heterocycles. The number of hydrogen-bond acceptors (Lipinski definition) is 2. The number of nitrogens with one attached hydrogen (secondary N) is 1. The third-order valence-electron chi connectivity index (χ3n) is 2.14. The van der Waals surface area contributed by atoms with Crippen LogP contribution in [0.3, 0.4) is 0 Å². The molecule has 16 heavy (non-hydrogen) atoms. The van der Waals surface area contributed by atoms with Gasteiger partial charge in [0.25, 0.3) is 0 Å². The quantitative estimate of drug-likeness (QED) is 0.853. The number of nitrogens with zero attached hydrogens (tertiary/aromatic N) is 1. The maximum atomic E-state index is 12.1. The summed E-state index contributed by atoms with van der Waals surface area (Å²) >= 11 is 0. The lowest BCUT2D eigenvalue weighted by Gasteiger charge is -2.18. The number of ketones is 1. The highest BCUT2D eigenvalue weighted by Crippen LogP contribution is 2.26. The van der Waals surface area contributed by atoms with E-state index in [0.717, 1.165) is 0 Å². The molecule has 0 fully saturated rings. The van der Waals surface area contributed by atoms with Gasteiger partial charge in [-0.2, -0.15) is 18.3 Å². The first-order valence-electron chi connectivity index (χ1n) is 4.75. The predicted molar refractivity (Wildman–Crippen MR) is 52.1 cm³/mol. The van der Waals surface area contributed by atoms with E-state index in [4.69, 9.17) is 0 Å². The van der Waals surface area contributed by atoms with Gasteiger partial charge in [-0.3, -0.25) is 9.89 Å². The molecule has 90 valence electrons. The fraction of sp³-hybridized carbons (Fsp3) is 0.600. The van der Waals surface area contributed by atoms with Crippen molar-refractivity contribution in [1.29, 1.82) is 0 Å². The van der Waals surface area contributed by atoms with Crippen molar-refractivity contribution in [2.45, 2.75) is 38.8 Å². The van der Waals surface area contributed by atoms with Crippen LogP contribution >= 0.6 is 0 Å². The minimum atomic E-state index is -4.79. The molecule has 1 N–H and O–H groups in total. The van der Waals surface area contributed by atoms with E-state index in [1.54, 1.807) is 0 Å². The van der Waals surface area contributed by atoms with Gasteiger partial charge < -0.3 is 0 Å². The van der Waals surface area contributed by atoms with Gasteiger partial charge in [0, 0.05) is 23.1 Å². The van der Waals surface area contributed by atoms with Gasteiger partial charge >= 0.3 is 6.18 Å². The minimum absolute atomic E-state index is 0.301. The van der Waals surface area contributed by atoms with Crippen molar-refractivity contribution in [3.8, 4) is 0 Å². The van der Waals surface area contributed by atoms with Gasteiger partial charge in [-0.1, -0.05) is 20.8 Å². The summed E-state index contributed by atoms with van der Waals surface area (Å²) in [7, 11) is 0. The number of rotatable bonds is 2. The standard InChI is InChI=1S/C10H13F3N2O/c1-9(2,3)8-6(5-14-15-8)4-7(16)10(11,12)13/h5H,4H2,1-3H3,(H,14,15). The number of alkyl halides is 3. The molecule has 0 bridgehead atoms. The molecule has 0 aliphatic carbocycles. The van der Waals surface area contributed by atoms with Crippen LogP contribution in [-0.2, 0) is 16.6 Å². The van der Waals surface area contributed by atoms with Crippen LogP contribution in [0.2, 0.25) is 0 Å². The lowest BCUT2D eigenvalue weighted by Crippen LogP contribution is -2.26. The Bertz CT molecular complexity index is 388. The van der Waals surface area contributed by atoms with Crippen LogP contribution in [0.5, 0.6) is 0 Å². The van der Waals surface area contributed by atoms with Gasteiger partial charge in [0.1, 0.15) is 0 Å². The first-order chi connectivity index (χ1) is 7.12. The number of hydrogen-bond donors (Lipinski definition) is 1. The van der Waals surface area contributed by atoms with Crippen molar-refractivity contribution in [3.05, 3.63) is 17.5 Å². The molecule has 0 saturated carbocycles. The number of H-pyrrole nitrogens is 1. The van der Waals surface area contributed by atoms with Crippen LogP contribution in [0, 0.1) is 0 Å². The highest BCUT2D eigenvalue weighted by Gasteiger charge is 2.38. The first kappa shape index (κ1) is 12.7. The number of Topliss-reactive ketones (excluding diaryl/α,β-unsaturated/α-hetero) is 1. The van der Waals surface area contributed by atoms with E-state index >= 15 is 0 Å². The molecule has 0 aliphatic heterocycles. The van der Waals surface area contributed by atoms with E-state index in [0.29, 0.717) is 11.3 Å². The van der Waals surface area contributed by atoms with E-state index in [1.807, 2.05) is 20.8 Å². The highest BCUT2D eigenvalue weighted by molar-refractivity contribution is 5.86. The Balaban J connectivity index is 2.92. The summed E-state index contributed by atoms with van der Waals surface area (Å²) in [6.07, 6.45) is -4.18. The van der Waals surface area contributed by atoms with Crippen LogP contribution in [-0.4, -0.2) is 22.2 Å². The smallest absolute Gasteiger partial charge is 0.289 e. The zero-order chi connectivity index (χ0) is 12.6. The van der Waals surface area contributed by atoms with Crippen LogP contribution in [0.1, 0.15) is 32.0 Å². The van der Waals surface area contributed by atoms with E-state index in [1.165, 1.54) is 6.20 Å². The Morgan fingerprint density at radius 2 is 1.94 bits per heavy atom. The largest absolute Gasteiger partial charge is 0.450 e. The van der Waals surface area contributed by atoms with Crippen LogP contribution in [0.4, 0.5) is 13.2 Å². The second-order valence-electron chi connectivity index (χ2n) is 4.62. The summed E-state index contributed by atoms with van der Waals surface area (Å²) in [5.74, 6) is -1.75. The zero-order valence-corrected chi connectivity index (χ0v) is 9.27. The Labute approximate surface area is 91.0 Å². The van der Waals surface area contributed by atoms with Gasteiger partial charge in [-0.15, -0.1) is 0 Å². The first-order valence-corrected chi connectivity index (χ1v) is 4.75. The van der Waals surface area contributed by atoms with Gasteiger partial charge in [0.05, 0.1) is 6.20 Å². The molecule has 0 amide bonds. The van der Waals surface area contributed by atoms with Crippen LogP contribution in [0.25, 0.3) is 0 Å². The molecule has 0 radical (unpaired) electrons. The molecule has 1 heterocycles. The minimum Gasteiger partial charge on any atom is -0.289 e. The topological polar surface area (TPSA) is 45.8 Å². The van der Waals surface area contributed by atoms with E-state index in [2.05, 4.69) is 10.2 Å². The molecule has 6 heteroatoms. The SMILES string of the molecule is CC(C)(C)c1[nH]ncc1CC(=O)C(F)(F)F. The third kappa shape index (κ3) is 2.84. The Kier molecular flexibility index (Phi) is 3.12. The van der Waals surface area contributed by atoms with E-state index < -0.39 is 18.4 Å². The molecule has 3 nitrogen and oxygen atoms in total. The third-order valence-corrected chi connectivity index (χ3v) is 2.14.